The lowest BCUT2D eigenvalue weighted by Crippen LogP contribution is -2.49. The molecule has 2 aliphatic rings. The molecule has 2 heterocycles. The molecule has 3 rings (SSSR count). The molecule has 0 saturated carbocycles. The first kappa shape index (κ1) is 22.5. The van der Waals surface area contributed by atoms with E-state index in [4.69, 9.17) is 41.0 Å². The van der Waals surface area contributed by atoms with Crippen LogP contribution in [0, 0.1) is 0 Å². The number of nitrogens with two attached hydrogens (primary N) is 2. The summed E-state index contributed by atoms with van der Waals surface area (Å²) in [5, 5.41) is 17.2. The zero-order valence-corrected chi connectivity index (χ0v) is 18.8. The minimum atomic E-state index is 0.209. The molecule has 0 unspecified atom stereocenters. The van der Waals surface area contributed by atoms with Crippen LogP contribution in [-0.4, -0.2) is 68.6 Å². The van der Waals surface area contributed by atoms with Crippen LogP contribution in [0.3, 0.4) is 0 Å². The Bertz CT molecular complexity index is 770. The number of rotatable bonds is 6. The predicted molar refractivity (Wildman–Crippen MR) is 130 cm³/mol. The third-order valence-corrected chi connectivity index (χ3v) is 5.48. The number of hydrogen-bond acceptors (Lipinski definition) is 6. The quantitative estimate of drug-likeness (QED) is 0.391. The van der Waals surface area contributed by atoms with Crippen LogP contribution >= 0.6 is 24.4 Å². The highest BCUT2D eigenvalue weighted by atomic mass is 32.1. The zero-order valence-electron chi connectivity index (χ0n) is 17.2. The molecule has 2 saturated heterocycles. The van der Waals surface area contributed by atoms with Crippen molar-refractivity contribution in [1.82, 2.24) is 20.3 Å². The van der Waals surface area contributed by atoms with E-state index in [9.17, 15) is 0 Å². The maximum atomic E-state index is 6.02. The van der Waals surface area contributed by atoms with Gasteiger partial charge in [0.1, 0.15) is 5.71 Å². The van der Waals surface area contributed by atoms with Crippen molar-refractivity contribution < 1.29 is 0 Å². The van der Waals surface area contributed by atoms with Crippen molar-refractivity contribution in [3.63, 3.8) is 0 Å². The smallest absolute Gasteiger partial charge is 0.203 e. The largest absolute Gasteiger partial charge is 0.374 e. The van der Waals surface area contributed by atoms with Gasteiger partial charge in [-0.1, -0.05) is 43.2 Å². The molecule has 1 aromatic rings. The fraction of sp³-hybridized carbons (Fsp3) is 0.500. The van der Waals surface area contributed by atoms with Crippen LogP contribution in [0.1, 0.15) is 44.1 Å². The van der Waals surface area contributed by atoms with Crippen LogP contribution in [0.25, 0.3) is 0 Å². The summed E-state index contributed by atoms with van der Waals surface area (Å²) < 4.78 is 0. The minimum Gasteiger partial charge on any atom is -0.374 e. The van der Waals surface area contributed by atoms with Crippen LogP contribution in [0.2, 0.25) is 0 Å². The van der Waals surface area contributed by atoms with Gasteiger partial charge in [0.2, 0.25) is 10.2 Å². The molecule has 2 fully saturated rings. The van der Waals surface area contributed by atoms with Crippen molar-refractivity contribution in [3.8, 4) is 0 Å². The Hall–Kier alpha value is -2.14. The summed E-state index contributed by atoms with van der Waals surface area (Å²) in [7, 11) is 0. The Labute approximate surface area is 189 Å². The summed E-state index contributed by atoms with van der Waals surface area (Å²) >= 11 is 10.5. The van der Waals surface area contributed by atoms with E-state index < -0.39 is 0 Å². The monoisotopic (exact) mass is 446 g/mol. The Morgan fingerprint density at radius 3 is 1.80 bits per heavy atom. The van der Waals surface area contributed by atoms with Gasteiger partial charge in [0.05, 0.1) is 6.21 Å². The van der Waals surface area contributed by atoms with E-state index in [0.717, 1.165) is 57.4 Å². The highest BCUT2D eigenvalue weighted by Gasteiger charge is 2.21. The van der Waals surface area contributed by atoms with E-state index in [1.54, 1.807) is 16.5 Å². The predicted octanol–water partition coefficient (Wildman–Crippen LogP) is 2.27. The summed E-state index contributed by atoms with van der Waals surface area (Å²) in [5.41, 5.74) is 13.5. The standard InChI is InChI=1S/C20H30N8S2/c21-19(29)27(25-12-6-2-7-13-25)23-16-18(17-10-4-1-5-11-17)24-28(20(22)30)26-14-8-3-9-15-26/h1,4-5,10-11,16H,2-3,6-9,12-15H2,(H2,21,29)(H2,22,30). The van der Waals surface area contributed by atoms with Gasteiger partial charge in [0.25, 0.3) is 0 Å². The molecule has 30 heavy (non-hydrogen) atoms. The molecule has 8 nitrogen and oxygen atoms in total. The average Bonchev–Trinajstić information content (AvgIpc) is 2.77. The Morgan fingerprint density at radius 2 is 1.30 bits per heavy atom. The topological polar surface area (TPSA) is 89.7 Å². The number of benzene rings is 1. The summed E-state index contributed by atoms with van der Waals surface area (Å²) in [5.74, 6) is 0. The van der Waals surface area contributed by atoms with Crippen molar-refractivity contribution >= 4 is 46.6 Å². The maximum absolute atomic E-state index is 6.02. The normalized spacial score (nSPS) is 19.0. The lowest BCUT2D eigenvalue weighted by atomic mass is 10.1. The van der Waals surface area contributed by atoms with Gasteiger partial charge in [-0.15, -0.1) is 0 Å². The number of hydrazone groups is 2. The van der Waals surface area contributed by atoms with E-state index in [1.165, 1.54) is 12.8 Å². The van der Waals surface area contributed by atoms with Gasteiger partial charge >= 0.3 is 0 Å². The molecule has 0 amide bonds. The molecule has 0 atom stereocenters. The maximum Gasteiger partial charge on any atom is 0.203 e. The Morgan fingerprint density at radius 1 is 0.800 bits per heavy atom. The van der Waals surface area contributed by atoms with Crippen LogP contribution in [0.4, 0.5) is 0 Å². The molecule has 162 valence electrons. The van der Waals surface area contributed by atoms with E-state index in [0.29, 0.717) is 5.71 Å². The van der Waals surface area contributed by atoms with E-state index in [-0.39, 0.29) is 10.2 Å². The molecular formula is C20H30N8S2. The summed E-state index contributed by atoms with van der Waals surface area (Å²) in [6.07, 6.45) is 8.47. The number of thiocarbonyl (C=S) groups is 2. The highest BCUT2D eigenvalue weighted by Crippen LogP contribution is 2.14. The van der Waals surface area contributed by atoms with Gasteiger partial charge in [-0.25, -0.2) is 0 Å². The van der Waals surface area contributed by atoms with E-state index in [2.05, 4.69) is 15.1 Å². The summed E-state index contributed by atoms with van der Waals surface area (Å²) in [6.45, 7) is 3.48. The second kappa shape index (κ2) is 11.3. The second-order valence-corrected chi connectivity index (χ2v) is 8.22. The fourth-order valence-electron chi connectivity index (χ4n) is 3.63. The van der Waals surface area contributed by atoms with Crippen LogP contribution in [0.15, 0.2) is 40.5 Å². The SMILES string of the molecule is NC(=S)N(N=CC(=NN(C(N)=S)N1CCCCC1)c1ccccc1)N1CCCCC1. The van der Waals surface area contributed by atoms with E-state index in [1.807, 2.05) is 30.3 Å². The molecule has 0 aliphatic carbocycles. The number of nitrogens with zero attached hydrogens (tertiary/aromatic N) is 6. The van der Waals surface area contributed by atoms with Crippen molar-refractivity contribution in [2.75, 3.05) is 26.2 Å². The molecule has 0 spiro atoms. The zero-order chi connectivity index (χ0) is 21.3. The number of piperidine rings is 2. The van der Waals surface area contributed by atoms with Gasteiger partial charge in [-0.05, 0) is 50.1 Å². The van der Waals surface area contributed by atoms with Gasteiger partial charge in [0, 0.05) is 31.7 Å². The minimum absolute atomic E-state index is 0.209. The lowest BCUT2D eigenvalue weighted by Gasteiger charge is -2.34. The third kappa shape index (κ3) is 6.18. The van der Waals surface area contributed by atoms with Crippen molar-refractivity contribution in [1.29, 1.82) is 0 Å². The first-order chi connectivity index (χ1) is 14.6. The molecule has 0 bridgehead atoms. The molecule has 0 aromatic heterocycles. The lowest BCUT2D eigenvalue weighted by molar-refractivity contribution is 0.0281. The van der Waals surface area contributed by atoms with Crippen LogP contribution < -0.4 is 11.5 Å². The highest BCUT2D eigenvalue weighted by molar-refractivity contribution is 7.80. The first-order valence-electron chi connectivity index (χ1n) is 10.4. The molecule has 4 N–H and O–H groups in total. The summed E-state index contributed by atoms with van der Waals surface area (Å²) in [6, 6.07) is 9.83. The van der Waals surface area contributed by atoms with Crippen molar-refractivity contribution in [2.45, 2.75) is 38.5 Å². The second-order valence-electron chi connectivity index (χ2n) is 7.38. The molecule has 2 aliphatic heterocycles. The van der Waals surface area contributed by atoms with Crippen molar-refractivity contribution in [2.24, 2.45) is 21.7 Å². The molecule has 10 heteroatoms. The van der Waals surface area contributed by atoms with E-state index >= 15 is 0 Å². The van der Waals surface area contributed by atoms with Gasteiger partial charge in [-0.3, -0.25) is 0 Å². The van der Waals surface area contributed by atoms with Crippen molar-refractivity contribution in [3.05, 3.63) is 35.9 Å². The Balaban J connectivity index is 1.91. The first-order valence-corrected chi connectivity index (χ1v) is 11.2. The summed E-state index contributed by atoms with van der Waals surface area (Å²) in [4.78, 5) is 0. The number of hydrogen-bond donors (Lipinski definition) is 2. The average molecular weight is 447 g/mol. The van der Waals surface area contributed by atoms with Gasteiger partial charge in [0.15, 0.2) is 0 Å². The van der Waals surface area contributed by atoms with Crippen LogP contribution in [-0.2, 0) is 0 Å². The third-order valence-electron chi connectivity index (χ3n) is 5.16. The fourth-order valence-corrected chi connectivity index (χ4v) is 3.95. The van der Waals surface area contributed by atoms with Crippen LogP contribution in [0.5, 0.6) is 0 Å². The number of hydrazine groups is 2. The molecule has 1 aromatic carbocycles. The molecular weight excluding hydrogens is 416 g/mol. The van der Waals surface area contributed by atoms with Gasteiger partial charge < -0.3 is 11.5 Å². The Kier molecular flexibility index (Phi) is 8.50. The van der Waals surface area contributed by atoms with Gasteiger partial charge in [-0.2, -0.15) is 30.5 Å². The molecule has 0 radical (unpaired) electrons.